The molecule has 0 fully saturated rings. The maximum atomic E-state index is 13.8. The molecule has 0 bridgehead atoms. The molecule has 0 amide bonds. The molecule has 76 valence electrons. The van der Waals surface area contributed by atoms with Gasteiger partial charge in [-0.25, -0.2) is 4.39 Å². The van der Waals surface area contributed by atoms with Gasteiger partial charge in [0.05, 0.1) is 0 Å². The Morgan fingerprint density at radius 3 is 2.53 bits per heavy atom. The monoisotopic (exact) mass is 202 g/mol. The van der Waals surface area contributed by atoms with E-state index in [1.807, 2.05) is 30.3 Å². The quantitative estimate of drug-likeness (QED) is 0.811. The van der Waals surface area contributed by atoms with Crippen LogP contribution in [0.1, 0.15) is 5.56 Å². The lowest BCUT2D eigenvalue weighted by Crippen LogP contribution is -2.02. The van der Waals surface area contributed by atoms with Crippen LogP contribution in [0.5, 0.6) is 0 Å². The van der Waals surface area contributed by atoms with Crippen LogP contribution in [0.25, 0.3) is 11.1 Å². The molecule has 3 heteroatoms. The van der Waals surface area contributed by atoms with Crippen LogP contribution in [0.2, 0.25) is 0 Å². The van der Waals surface area contributed by atoms with Crippen LogP contribution in [0.15, 0.2) is 42.7 Å². The van der Waals surface area contributed by atoms with Crippen molar-refractivity contribution in [2.45, 2.75) is 6.54 Å². The standard InChI is InChI=1S/C12H11FN2/c13-12-10(6-14)7-15-8-11(12)9-4-2-1-3-5-9/h1-5,7-8H,6,14H2. The van der Waals surface area contributed by atoms with Crippen molar-refractivity contribution in [1.82, 2.24) is 4.98 Å². The molecule has 2 nitrogen and oxygen atoms in total. The Bertz CT molecular complexity index is 454. The van der Waals surface area contributed by atoms with Crippen molar-refractivity contribution in [3.8, 4) is 11.1 Å². The average Bonchev–Trinajstić information content (AvgIpc) is 2.30. The van der Waals surface area contributed by atoms with Crippen LogP contribution >= 0.6 is 0 Å². The Labute approximate surface area is 87.6 Å². The van der Waals surface area contributed by atoms with E-state index in [2.05, 4.69) is 4.98 Å². The third kappa shape index (κ3) is 1.87. The van der Waals surface area contributed by atoms with Crippen molar-refractivity contribution in [1.29, 1.82) is 0 Å². The van der Waals surface area contributed by atoms with Crippen LogP contribution in [-0.2, 0) is 6.54 Å². The van der Waals surface area contributed by atoms with Crippen LogP contribution in [0, 0.1) is 5.82 Å². The molecule has 0 unspecified atom stereocenters. The van der Waals surface area contributed by atoms with Crippen LogP contribution in [0.3, 0.4) is 0 Å². The lowest BCUT2D eigenvalue weighted by atomic mass is 10.1. The van der Waals surface area contributed by atoms with Gasteiger partial charge in [-0.3, -0.25) is 4.98 Å². The highest BCUT2D eigenvalue weighted by Gasteiger charge is 2.08. The number of benzene rings is 1. The molecule has 0 aliphatic heterocycles. The molecule has 0 radical (unpaired) electrons. The molecule has 0 aliphatic rings. The van der Waals surface area contributed by atoms with Gasteiger partial charge in [-0.15, -0.1) is 0 Å². The first kappa shape index (κ1) is 9.80. The minimum absolute atomic E-state index is 0.166. The number of hydrogen-bond donors (Lipinski definition) is 1. The Balaban J connectivity index is 2.54. The van der Waals surface area contributed by atoms with Crippen molar-refractivity contribution in [2.75, 3.05) is 0 Å². The third-order valence-corrected chi connectivity index (χ3v) is 2.26. The zero-order chi connectivity index (χ0) is 10.7. The number of halogens is 1. The summed E-state index contributed by atoms with van der Waals surface area (Å²) >= 11 is 0. The van der Waals surface area contributed by atoms with Crippen molar-refractivity contribution in [2.24, 2.45) is 5.73 Å². The number of hydrogen-bond acceptors (Lipinski definition) is 2. The van der Waals surface area contributed by atoms with E-state index in [-0.39, 0.29) is 12.4 Å². The largest absolute Gasteiger partial charge is 0.326 e. The molecule has 2 N–H and O–H groups in total. The Kier molecular flexibility index (Phi) is 2.74. The van der Waals surface area contributed by atoms with E-state index < -0.39 is 0 Å². The first-order valence-corrected chi connectivity index (χ1v) is 4.71. The second kappa shape index (κ2) is 4.19. The molecule has 15 heavy (non-hydrogen) atoms. The number of pyridine rings is 1. The summed E-state index contributed by atoms with van der Waals surface area (Å²) in [5, 5.41) is 0. The highest BCUT2D eigenvalue weighted by Crippen LogP contribution is 2.23. The second-order valence-corrected chi connectivity index (χ2v) is 3.23. The molecular weight excluding hydrogens is 191 g/mol. The summed E-state index contributed by atoms with van der Waals surface area (Å²) in [4.78, 5) is 3.97. The second-order valence-electron chi connectivity index (χ2n) is 3.23. The van der Waals surface area contributed by atoms with Crippen molar-refractivity contribution in [3.05, 3.63) is 54.1 Å². The Morgan fingerprint density at radius 2 is 1.87 bits per heavy atom. The summed E-state index contributed by atoms with van der Waals surface area (Å²) in [7, 11) is 0. The van der Waals surface area contributed by atoms with E-state index in [1.54, 1.807) is 0 Å². The summed E-state index contributed by atoms with van der Waals surface area (Å²) in [6.45, 7) is 0.166. The normalized spacial score (nSPS) is 10.3. The van der Waals surface area contributed by atoms with Crippen LogP contribution in [-0.4, -0.2) is 4.98 Å². The van der Waals surface area contributed by atoms with Gasteiger partial charge in [-0.2, -0.15) is 0 Å². The minimum Gasteiger partial charge on any atom is -0.326 e. The lowest BCUT2D eigenvalue weighted by Gasteiger charge is -2.05. The number of rotatable bonds is 2. The average molecular weight is 202 g/mol. The molecule has 1 aromatic carbocycles. The van der Waals surface area contributed by atoms with Crippen molar-refractivity contribution < 1.29 is 4.39 Å². The molecule has 2 rings (SSSR count). The number of nitrogens with two attached hydrogens (primary N) is 1. The molecule has 0 spiro atoms. The Hall–Kier alpha value is -1.74. The molecule has 0 saturated heterocycles. The first-order valence-electron chi connectivity index (χ1n) is 4.71. The number of nitrogens with zero attached hydrogens (tertiary/aromatic N) is 1. The van der Waals surface area contributed by atoms with Gasteiger partial charge in [-0.1, -0.05) is 30.3 Å². The first-order chi connectivity index (χ1) is 7.33. The molecule has 0 atom stereocenters. The van der Waals surface area contributed by atoms with Crippen LogP contribution in [0.4, 0.5) is 4.39 Å². The summed E-state index contributed by atoms with van der Waals surface area (Å²) in [6.07, 6.45) is 2.98. The van der Waals surface area contributed by atoms with Crippen molar-refractivity contribution >= 4 is 0 Å². The van der Waals surface area contributed by atoms with E-state index in [0.717, 1.165) is 5.56 Å². The predicted molar refractivity (Wildman–Crippen MR) is 57.5 cm³/mol. The SMILES string of the molecule is NCc1cncc(-c2ccccc2)c1F. The number of aromatic nitrogens is 1. The zero-order valence-electron chi connectivity index (χ0n) is 8.15. The summed E-state index contributed by atoms with van der Waals surface area (Å²) in [5.74, 6) is -0.279. The molecule has 0 saturated carbocycles. The van der Waals surface area contributed by atoms with Gasteiger partial charge in [0.1, 0.15) is 5.82 Å². The summed E-state index contributed by atoms with van der Waals surface area (Å²) < 4.78 is 13.8. The van der Waals surface area contributed by atoms with E-state index in [9.17, 15) is 4.39 Å². The molecule has 2 aromatic rings. The minimum atomic E-state index is -0.279. The summed E-state index contributed by atoms with van der Waals surface area (Å²) in [6, 6.07) is 9.32. The summed E-state index contributed by atoms with van der Waals surface area (Å²) in [5.41, 5.74) is 7.17. The molecule has 1 heterocycles. The van der Waals surface area contributed by atoms with Gasteiger partial charge < -0.3 is 5.73 Å². The van der Waals surface area contributed by atoms with Gasteiger partial charge in [0.15, 0.2) is 0 Å². The highest BCUT2D eigenvalue weighted by atomic mass is 19.1. The van der Waals surface area contributed by atoms with E-state index >= 15 is 0 Å². The Morgan fingerprint density at radius 1 is 1.13 bits per heavy atom. The van der Waals surface area contributed by atoms with E-state index in [4.69, 9.17) is 5.73 Å². The predicted octanol–water partition coefficient (Wildman–Crippen LogP) is 2.35. The van der Waals surface area contributed by atoms with E-state index in [0.29, 0.717) is 11.1 Å². The maximum absolute atomic E-state index is 13.8. The fourth-order valence-corrected chi connectivity index (χ4v) is 1.45. The van der Waals surface area contributed by atoms with Crippen LogP contribution < -0.4 is 5.73 Å². The maximum Gasteiger partial charge on any atom is 0.138 e. The fraction of sp³-hybridized carbons (Fsp3) is 0.0833. The molecular formula is C12H11FN2. The van der Waals surface area contributed by atoms with Gasteiger partial charge >= 0.3 is 0 Å². The molecule has 0 aliphatic carbocycles. The van der Waals surface area contributed by atoms with Gasteiger partial charge in [0.25, 0.3) is 0 Å². The van der Waals surface area contributed by atoms with Gasteiger partial charge in [-0.05, 0) is 5.56 Å². The fourth-order valence-electron chi connectivity index (χ4n) is 1.45. The zero-order valence-corrected chi connectivity index (χ0v) is 8.15. The van der Waals surface area contributed by atoms with Gasteiger partial charge in [0, 0.05) is 30.1 Å². The third-order valence-electron chi connectivity index (χ3n) is 2.26. The topological polar surface area (TPSA) is 38.9 Å². The van der Waals surface area contributed by atoms with E-state index in [1.165, 1.54) is 12.4 Å². The van der Waals surface area contributed by atoms with Gasteiger partial charge in [0.2, 0.25) is 0 Å². The molecule has 1 aromatic heterocycles. The van der Waals surface area contributed by atoms with Crippen molar-refractivity contribution in [3.63, 3.8) is 0 Å². The lowest BCUT2D eigenvalue weighted by molar-refractivity contribution is 0.611. The smallest absolute Gasteiger partial charge is 0.138 e. The highest BCUT2D eigenvalue weighted by molar-refractivity contribution is 5.63.